The van der Waals surface area contributed by atoms with Crippen molar-refractivity contribution in [1.82, 2.24) is 4.90 Å². The first-order valence-electron chi connectivity index (χ1n) is 9.65. The smallest absolute Gasteiger partial charge is 0.337 e. The molecule has 2 aromatic carbocycles. The predicted octanol–water partition coefficient (Wildman–Crippen LogP) is 3.46. The second kappa shape index (κ2) is 10.1. The Bertz CT molecular complexity index is 1010. The summed E-state index contributed by atoms with van der Waals surface area (Å²) in [7, 11) is 2.94. The first-order valence-corrected chi connectivity index (χ1v) is 10.5. The van der Waals surface area contributed by atoms with E-state index in [1.165, 1.54) is 23.8 Å². The number of rotatable bonds is 6. The summed E-state index contributed by atoms with van der Waals surface area (Å²) in [5, 5.41) is 2.63. The van der Waals surface area contributed by atoms with Crippen LogP contribution in [0.15, 0.2) is 53.5 Å². The fourth-order valence-corrected chi connectivity index (χ4v) is 3.92. The van der Waals surface area contributed by atoms with Crippen LogP contribution in [0.3, 0.4) is 0 Å². The number of esters is 1. The number of anilines is 1. The summed E-state index contributed by atoms with van der Waals surface area (Å²) in [4.78, 5) is 42.7. The molecule has 3 rings (SSSR count). The number of carbonyl (C=O) groups excluding carboxylic acids is 3. The minimum Gasteiger partial charge on any atom is -0.494 e. The number of hydrogen-bond donors (Lipinski definition) is 1. The van der Waals surface area contributed by atoms with Crippen molar-refractivity contribution in [2.45, 2.75) is 18.6 Å². The van der Waals surface area contributed by atoms with Crippen LogP contribution in [0.25, 0.3) is 0 Å². The molecule has 0 spiro atoms. The lowest BCUT2D eigenvalue weighted by atomic mass is 10.2. The summed E-state index contributed by atoms with van der Waals surface area (Å²) in [5.74, 6) is -0.269. The molecule has 1 fully saturated rings. The number of nitrogens with one attached hydrogen (secondary N) is 1. The summed E-state index contributed by atoms with van der Waals surface area (Å²) < 4.78 is 10.1. The van der Waals surface area contributed by atoms with Crippen LogP contribution in [0.2, 0.25) is 0 Å². The normalized spacial score (nSPS) is 17.4. The maximum absolute atomic E-state index is 12.8. The highest BCUT2D eigenvalue weighted by molar-refractivity contribution is 8.15. The molecule has 0 radical (unpaired) electrons. The molecule has 1 aliphatic heterocycles. The number of thioether (sulfide) groups is 1. The quantitative estimate of drug-likeness (QED) is 0.690. The number of benzene rings is 2. The Labute approximate surface area is 184 Å². The summed E-state index contributed by atoms with van der Waals surface area (Å²) in [6, 6.07) is 13.6. The molecule has 0 aromatic heterocycles. The Morgan fingerprint density at radius 2 is 1.97 bits per heavy atom. The molecule has 9 heteroatoms. The van der Waals surface area contributed by atoms with Gasteiger partial charge in [0.15, 0.2) is 5.17 Å². The van der Waals surface area contributed by atoms with Gasteiger partial charge in [-0.3, -0.25) is 14.5 Å². The average molecular weight is 442 g/mol. The third-order valence-electron chi connectivity index (χ3n) is 4.49. The number of ether oxygens (including phenoxy) is 2. The first kappa shape index (κ1) is 22.4. The number of amides is 2. The lowest BCUT2D eigenvalue weighted by Crippen LogP contribution is -2.43. The number of carbonyl (C=O) groups is 3. The van der Waals surface area contributed by atoms with Gasteiger partial charge in [-0.25, -0.2) is 9.79 Å². The van der Waals surface area contributed by atoms with Crippen molar-refractivity contribution >= 4 is 46.1 Å². The van der Waals surface area contributed by atoms with Crippen LogP contribution in [0.1, 0.15) is 23.7 Å². The third kappa shape index (κ3) is 5.64. The average Bonchev–Trinajstić information content (AvgIpc) is 2.77. The van der Waals surface area contributed by atoms with Gasteiger partial charge in [0.1, 0.15) is 11.0 Å². The standard InChI is InChI=1S/C22H23N3O5S/c1-4-30-17-7-5-6-16(12-17)23-20(27)18-13-19(26)25(2)22(31-18)24-15-10-8-14(9-11-15)21(28)29-3/h5-12,18H,4,13H2,1-3H3,(H,23,27). The van der Waals surface area contributed by atoms with Crippen molar-refractivity contribution in [3.05, 3.63) is 54.1 Å². The Balaban J connectivity index is 1.74. The van der Waals surface area contributed by atoms with Crippen molar-refractivity contribution < 1.29 is 23.9 Å². The Hall–Kier alpha value is -3.33. The SMILES string of the molecule is CCOc1cccc(NC(=O)C2CC(=O)N(C)C(=Nc3ccc(C(=O)OC)cc3)S2)c1. The molecule has 0 saturated carbocycles. The Morgan fingerprint density at radius 3 is 2.65 bits per heavy atom. The van der Waals surface area contributed by atoms with E-state index in [4.69, 9.17) is 4.74 Å². The molecule has 1 unspecified atom stereocenters. The number of nitrogens with zero attached hydrogens (tertiary/aromatic N) is 2. The minimum atomic E-state index is -0.618. The molecule has 1 heterocycles. The predicted molar refractivity (Wildman–Crippen MR) is 120 cm³/mol. The maximum Gasteiger partial charge on any atom is 0.337 e. The molecular weight excluding hydrogens is 418 g/mol. The van der Waals surface area contributed by atoms with E-state index in [0.29, 0.717) is 34.5 Å². The molecule has 8 nitrogen and oxygen atoms in total. The van der Waals surface area contributed by atoms with Gasteiger partial charge in [-0.15, -0.1) is 0 Å². The van der Waals surface area contributed by atoms with Gasteiger partial charge in [0, 0.05) is 25.2 Å². The summed E-state index contributed by atoms with van der Waals surface area (Å²) in [6.07, 6.45) is 0.0679. The Morgan fingerprint density at radius 1 is 1.23 bits per heavy atom. The molecular formula is C22H23N3O5S. The zero-order valence-corrected chi connectivity index (χ0v) is 18.3. The van der Waals surface area contributed by atoms with Gasteiger partial charge in [0.05, 0.1) is 25.0 Å². The largest absolute Gasteiger partial charge is 0.494 e. The van der Waals surface area contributed by atoms with E-state index in [0.717, 1.165) is 0 Å². The molecule has 31 heavy (non-hydrogen) atoms. The van der Waals surface area contributed by atoms with Crippen LogP contribution in [0.4, 0.5) is 11.4 Å². The van der Waals surface area contributed by atoms with Crippen LogP contribution in [0.5, 0.6) is 5.75 Å². The van der Waals surface area contributed by atoms with Crippen molar-refractivity contribution in [2.24, 2.45) is 4.99 Å². The molecule has 0 bridgehead atoms. The van der Waals surface area contributed by atoms with E-state index < -0.39 is 11.2 Å². The highest BCUT2D eigenvalue weighted by Crippen LogP contribution is 2.29. The van der Waals surface area contributed by atoms with E-state index in [1.807, 2.05) is 13.0 Å². The van der Waals surface area contributed by atoms with Gasteiger partial charge in [0.25, 0.3) is 0 Å². The van der Waals surface area contributed by atoms with E-state index in [1.54, 1.807) is 49.5 Å². The zero-order valence-electron chi connectivity index (χ0n) is 17.5. The topological polar surface area (TPSA) is 97.3 Å². The molecule has 1 saturated heterocycles. The van der Waals surface area contributed by atoms with Crippen LogP contribution < -0.4 is 10.1 Å². The molecule has 2 aromatic rings. The first-order chi connectivity index (χ1) is 14.9. The van der Waals surface area contributed by atoms with Gasteiger partial charge in [-0.05, 0) is 43.3 Å². The minimum absolute atomic E-state index is 0.0679. The molecule has 2 amide bonds. The summed E-state index contributed by atoms with van der Waals surface area (Å²) in [6.45, 7) is 2.41. The molecule has 0 aliphatic carbocycles. The lowest BCUT2D eigenvalue weighted by molar-refractivity contribution is -0.128. The molecule has 1 N–H and O–H groups in total. The van der Waals surface area contributed by atoms with Gasteiger partial charge in [-0.1, -0.05) is 17.8 Å². The molecule has 1 atom stereocenters. The molecule has 1 aliphatic rings. The van der Waals surface area contributed by atoms with Gasteiger partial charge >= 0.3 is 5.97 Å². The highest BCUT2D eigenvalue weighted by Gasteiger charge is 2.34. The van der Waals surface area contributed by atoms with Gasteiger partial charge in [0.2, 0.25) is 11.8 Å². The highest BCUT2D eigenvalue weighted by atomic mass is 32.2. The number of hydrogen-bond acceptors (Lipinski definition) is 7. The van der Waals surface area contributed by atoms with E-state index in [9.17, 15) is 14.4 Å². The van der Waals surface area contributed by atoms with Crippen molar-refractivity contribution in [2.75, 3.05) is 26.1 Å². The second-order valence-electron chi connectivity index (χ2n) is 6.65. The monoisotopic (exact) mass is 441 g/mol. The fourth-order valence-electron chi connectivity index (χ4n) is 2.85. The number of methoxy groups -OCH3 is 1. The summed E-state index contributed by atoms with van der Waals surface area (Å²) in [5.41, 5.74) is 1.55. The van der Waals surface area contributed by atoms with Crippen LogP contribution >= 0.6 is 11.8 Å². The number of aliphatic imine (C=N–C) groups is 1. The van der Waals surface area contributed by atoms with Crippen LogP contribution in [-0.4, -0.2) is 53.9 Å². The van der Waals surface area contributed by atoms with E-state index in [-0.39, 0.29) is 18.2 Å². The van der Waals surface area contributed by atoms with Crippen molar-refractivity contribution in [3.63, 3.8) is 0 Å². The lowest BCUT2D eigenvalue weighted by Gasteiger charge is -2.28. The van der Waals surface area contributed by atoms with Crippen LogP contribution in [-0.2, 0) is 14.3 Å². The third-order valence-corrected chi connectivity index (χ3v) is 5.73. The van der Waals surface area contributed by atoms with Gasteiger partial charge < -0.3 is 14.8 Å². The second-order valence-corrected chi connectivity index (χ2v) is 7.82. The van der Waals surface area contributed by atoms with Gasteiger partial charge in [-0.2, -0.15) is 0 Å². The maximum atomic E-state index is 12.8. The van der Waals surface area contributed by atoms with E-state index in [2.05, 4.69) is 15.0 Å². The number of amidine groups is 1. The van der Waals surface area contributed by atoms with Crippen molar-refractivity contribution in [3.8, 4) is 5.75 Å². The van der Waals surface area contributed by atoms with E-state index >= 15 is 0 Å². The molecule has 162 valence electrons. The fraction of sp³-hybridized carbons (Fsp3) is 0.273. The van der Waals surface area contributed by atoms with Crippen molar-refractivity contribution in [1.29, 1.82) is 0 Å². The zero-order chi connectivity index (χ0) is 22.4. The van der Waals surface area contributed by atoms with Crippen LogP contribution in [0, 0.1) is 0 Å². The Kier molecular flexibility index (Phi) is 7.30. The summed E-state index contributed by atoms with van der Waals surface area (Å²) >= 11 is 1.22.